The zero-order chi connectivity index (χ0) is 17.6. The van der Waals surface area contributed by atoms with Crippen molar-refractivity contribution >= 4 is 6.03 Å². The number of likely N-dealkylation sites (N-methyl/N-ethyl adjacent to an activating group) is 1. The van der Waals surface area contributed by atoms with Crippen molar-refractivity contribution in [1.82, 2.24) is 15.5 Å². The van der Waals surface area contributed by atoms with Crippen molar-refractivity contribution in [3.63, 3.8) is 0 Å². The minimum atomic E-state index is -0.180. The highest BCUT2D eigenvalue weighted by Crippen LogP contribution is 2.31. The first kappa shape index (κ1) is 18.7. The summed E-state index contributed by atoms with van der Waals surface area (Å²) >= 11 is 0. The molecule has 2 unspecified atom stereocenters. The first-order valence-electron chi connectivity index (χ1n) is 8.91. The van der Waals surface area contributed by atoms with Crippen LogP contribution in [0.2, 0.25) is 0 Å². The average Bonchev–Trinajstić information content (AvgIpc) is 3.07. The van der Waals surface area contributed by atoms with Crippen molar-refractivity contribution in [1.29, 1.82) is 0 Å². The van der Waals surface area contributed by atoms with Crippen molar-refractivity contribution < 1.29 is 9.90 Å². The van der Waals surface area contributed by atoms with E-state index in [-0.39, 0.29) is 30.3 Å². The van der Waals surface area contributed by atoms with E-state index in [2.05, 4.69) is 41.8 Å². The highest BCUT2D eigenvalue weighted by molar-refractivity contribution is 5.74. The number of rotatable bonds is 7. The molecule has 2 rings (SSSR count). The van der Waals surface area contributed by atoms with E-state index in [4.69, 9.17) is 0 Å². The Labute approximate surface area is 145 Å². The molecule has 1 fully saturated rings. The summed E-state index contributed by atoms with van der Waals surface area (Å²) in [5.74, 6) is 0. The number of benzene rings is 1. The number of hydrogen-bond acceptors (Lipinski definition) is 3. The van der Waals surface area contributed by atoms with Gasteiger partial charge in [-0.2, -0.15) is 0 Å². The molecule has 1 aromatic carbocycles. The second kappa shape index (κ2) is 8.49. The third kappa shape index (κ3) is 4.71. The molecule has 1 aliphatic carbocycles. The first-order chi connectivity index (χ1) is 11.5. The van der Waals surface area contributed by atoms with Gasteiger partial charge < -0.3 is 20.6 Å². The van der Waals surface area contributed by atoms with Crippen LogP contribution in [0.15, 0.2) is 30.3 Å². The topological polar surface area (TPSA) is 64.6 Å². The summed E-state index contributed by atoms with van der Waals surface area (Å²) in [5, 5.41) is 16.0. The van der Waals surface area contributed by atoms with Crippen LogP contribution in [0.4, 0.5) is 4.79 Å². The molecule has 0 aromatic heterocycles. The van der Waals surface area contributed by atoms with E-state index in [1.54, 1.807) is 11.9 Å². The number of hydrogen-bond donors (Lipinski definition) is 3. The quantitative estimate of drug-likeness (QED) is 0.719. The molecule has 5 nitrogen and oxygen atoms in total. The van der Waals surface area contributed by atoms with Gasteiger partial charge in [-0.3, -0.25) is 0 Å². The number of aliphatic hydroxyl groups is 1. The molecule has 134 valence electrons. The Hall–Kier alpha value is -1.59. The standard InChI is InChI=1S/C19H31N3O2/c1-15(13-23)22(3)18(24)20-14-19(11-7-8-12-19)21-16(2)17-9-5-4-6-10-17/h4-6,9-10,15-16,21,23H,7-8,11-14H2,1-3H3,(H,20,24). The lowest BCUT2D eigenvalue weighted by molar-refractivity contribution is 0.154. The van der Waals surface area contributed by atoms with Crippen molar-refractivity contribution in [2.45, 2.75) is 57.2 Å². The molecule has 0 spiro atoms. The fourth-order valence-electron chi connectivity index (χ4n) is 3.40. The van der Waals surface area contributed by atoms with Crippen molar-refractivity contribution in [2.75, 3.05) is 20.2 Å². The van der Waals surface area contributed by atoms with Gasteiger partial charge in [-0.15, -0.1) is 0 Å². The number of carbonyl (C=O) groups is 1. The Balaban J connectivity index is 1.97. The largest absolute Gasteiger partial charge is 0.394 e. The zero-order valence-electron chi connectivity index (χ0n) is 15.1. The van der Waals surface area contributed by atoms with Gasteiger partial charge in [0, 0.05) is 25.2 Å². The van der Waals surface area contributed by atoms with E-state index in [1.807, 2.05) is 13.0 Å². The number of amides is 2. The molecule has 1 aliphatic rings. The average molecular weight is 333 g/mol. The fraction of sp³-hybridized carbons (Fsp3) is 0.632. The maximum atomic E-state index is 12.3. The molecule has 2 amide bonds. The highest BCUT2D eigenvalue weighted by Gasteiger charge is 2.35. The van der Waals surface area contributed by atoms with Crippen molar-refractivity contribution in [3.05, 3.63) is 35.9 Å². The maximum absolute atomic E-state index is 12.3. The molecule has 3 N–H and O–H groups in total. The van der Waals surface area contributed by atoms with E-state index in [0.717, 1.165) is 12.8 Å². The van der Waals surface area contributed by atoms with Crippen LogP contribution in [0.3, 0.4) is 0 Å². The zero-order valence-corrected chi connectivity index (χ0v) is 15.1. The number of nitrogens with zero attached hydrogens (tertiary/aromatic N) is 1. The molecule has 0 aliphatic heterocycles. The van der Waals surface area contributed by atoms with Crippen molar-refractivity contribution in [3.8, 4) is 0 Å². The second-order valence-corrected chi connectivity index (χ2v) is 7.07. The second-order valence-electron chi connectivity index (χ2n) is 7.07. The number of aliphatic hydroxyl groups excluding tert-OH is 1. The van der Waals surface area contributed by atoms with E-state index < -0.39 is 0 Å². The molecule has 0 bridgehead atoms. The van der Waals surface area contributed by atoms with E-state index >= 15 is 0 Å². The number of nitrogens with one attached hydrogen (secondary N) is 2. The van der Waals surface area contributed by atoms with Gasteiger partial charge >= 0.3 is 6.03 Å². The molecule has 0 radical (unpaired) electrons. The van der Waals surface area contributed by atoms with Crippen LogP contribution in [0.25, 0.3) is 0 Å². The lowest BCUT2D eigenvalue weighted by atomic mass is 9.94. The van der Waals surface area contributed by atoms with Gasteiger partial charge in [0.15, 0.2) is 0 Å². The van der Waals surface area contributed by atoms with E-state index in [9.17, 15) is 9.90 Å². The molecule has 1 saturated carbocycles. The molecule has 0 saturated heterocycles. The Bertz CT molecular complexity index is 515. The summed E-state index contributed by atoms with van der Waals surface area (Å²) in [6, 6.07) is 10.3. The van der Waals surface area contributed by atoms with Gasteiger partial charge in [0.1, 0.15) is 0 Å². The number of carbonyl (C=O) groups excluding carboxylic acids is 1. The summed E-state index contributed by atoms with van der Waals surface area (Å²) in [7, 11) is 1.72. The van der Waals surface area contributed by atoms with Crippen LogP contribution in [0, 0.1) is 0 Å². The van der Waals surface area contributed by atoms with Gasteiger partial charge in [-0.1, -0.05) is 43.2 Å². The lowest BCUT2D eigenvalue weighted by Gasteiger charge is -2.35. The predicted octanol–water partition coefficient (Wildman–Crippen LogP) is 2.67. The summed E-state index contributed by atoms with van der Waals surface area (Å²) in [6.45, 7) is 4.60. The summed E-state index contributed by atoms with van der Waals surface area (Å²) in [5.41, 5.74) is 1.22. The highest BCUT2D eigenvalue weighted by atomic mass is 16.3. The molecule has 0 heterocycles. The molecule has 24 heavy (non-hydrogen) atoms. The summed E-state index contributed by atoms with van der Waals surface area (Å²) in [4.78, 5) is 13.8. The first-order valence-corrected chi connectivity index (χ1v) is 8.91. The third-order valence-electron chi connectivity index (χ3n) is 5.21. The maximum Gasteiger partial charge on any atom is 0.317 e. The normalized spacial score (nSPS) is 18.8. The minimum Gasteiger partial charge on any atom is -0.394 e. The molecule has 1 aromatic rings. The van der Waals surface area contributed by atoms with Crippen molar-refractivity contribution in [2.24, 2.45) is 0 Å². The summed E-state index contributed by atoms with van der Waals surface area (Å²) in [6.07, 6.45) is 4.52. The van der Waals surface area contributed by atoms with Gasteiger partial charge in [0.05, 0.1) is 12.6 Å². The van der Waals surface area contributed by atoms with Crippen LogP contribution < -0.4 is 10.6 Å². The molecule has 2 atom stereocenters. The lowest BCUT2D eigenvalue weighted by Crippen LogP contribution is -2.55. The fourth-order valence-corrected chi connectivity index (χ4v) is 3.40. The van der Waals surface area contributed by atoms with Crippen LogP contribution in [0.5, 0.6) is 0 Å². The van der Waals surface area contributed by atoms with E-state index in [1.165, 1.54) is 18.4 Å². The third-order valence-corrected chi connectivity index (χ3v) is 5.21. The SMILES string of the molecule is CC(NC1(CNC(=O)N(C)C(C)CO)CCCC1)c1ccccc1. The Morgan fingerprint density at radius 2 is 1.88 bits per heavy atom. The molecule has 5 heteroatoms. The van der Waals surface area contributed by atoms with Gasteiger partial charge in [-0.25, -0.2) is 4.79 Å². The van der Waals surface area contributed by atoms with Crippen LogP contribution >= 0.6 is 0 Å². The number of urea groups is 1. The molecular weight excluding hydrogens is 302 g/mol. The van der Waals surface area contributed by atoms with Gasteiger partial charge in [-0.05, 0) is 32.3 Å². The summed E-state index contributed by atoms with van der Waals surface area (Å²) < 4.78 is 0. The Morgan fingerprint density at radius 3 is 2.46 bits per heavy atom. The van der Waals surface area contributed by atoms with Gasteiger partial charge in [0.2, 0.25) is 0 Å². The van der Waals surface area contributed by atoms with E-state index in [0.29, 0.717) is 6.54 Å². The minimum absolute atomic E-state index is 0.0294. The predicted molar refractivity (Wildman–Crippen MR) is 96.9 cm³/mol. The smallest absolute Gasteiger partial charge is 0.317 e. The Kier molecular flexibility index (Phi) is 6.63. The Morgan fingerprint density at radius 1 is 1.25 bits per heavy atom. The van der Waals surface area contributed by atoms with Crippen LogP contribution in [0.1, 0.15) is 51.1 Å². The van der Waals surface area contributed by atoms with Crippen LogP contribution in [-0.2, 0) is 0 Å². The van der Waals surface area contributed by atoms with Crippen LogP contribution in [-0.4, -0.2) is 47.8 Å². The monoisotopic (exact) mass is 333 g/mol. The molecular formula is C19H31N3O2. The van der Waals surface area contributed by atoms with Gasteiger partial charge in [0.25, 0.3) is 0 Å².